The van der Waals surface area contributed by atoms with Crippen molar-refractivity contribution in [2.75, 3.05) is 0 Å². The van der Waals surface area contributed by atoms with Gasteiger partial charge >= 0.3 is 12.0 Å². The van der Waals surface area contributed by atoms with E-state index in [2.05, 4.69) is 10.3 Å². The largest absolute Gasteiger partial charge is 0.457 e. The number of nitrogens with two attached hydrogens (primary N) is 1. The highest BCUT2D eigenvalue weighted by Crippen LogP contribution is 2.22. The van der Waals surface area contributed by atoms with Crippen molar-refractivity contribution < 1.29 is 14.3 Å². The Morgan fingerprint density at radius 3 is 2.56 bits per heavy atom. The van der Waals surface area contributed by atoms with E-state index in [1.54, 1.807) is 0 Å². The summed E-state index contributed by atoms with van der Waals surface area (Å²) in [6.07, 6.45) is 0.308. The number of urea groups is 1. The molecule has 0 aliphatic heterocycles. The van der Waals surface area contributed by atoms with Gasteiger partial charge in [0.1, 0.15) is 17.7 Å². The van der Waals surface area contributed by atoms with E-state index in [0.29, 0.717) is 11.4 Å². The second-order valence-electron chi connectivity index (χ2n) is 5.43. The molecule has 3 aromatic rings. The molecule has 0 aliphatic carbocycles. The normalized spacial score (nSPS) is 11.8. The molecule has 0 spiro atoms. The maximum Gasteiger partial charge on any atom is 0.329 e. The maximum absolute atomic E-state index is 12.4. The van der Waals surface area contributed by atoms with Gasteiger partial charge in [0, 0.05) is 6.42 Å². The smallest absolute Gasteiger partial charge is 0.329 e. The zero-order valence-electron chi connectivity index (χ0n) is 13.3. The number of nitrogens with zero attached hydrogens (tertiary/aromatic N) is 1. The lowest BCUT2D eigenvalue weighted by Gasteiger charge is -2.16. The van der Waals surface area contributed by atoms with E-state index >= 15 is 0 Å². The number of carbonyl (C=O) groups excluding carboxylic acids is 2. The number of nitrogens with one attached hydrogen (secondary N) is 1. The first kappa shape index (κ1) is 16.9. The summed E-state index contributed by atoms with van der Waals surface area (Å²) in [5.74, 6) is -0.540. The second kappa shape index (κ2) is 7.76. The van der Waals surface area contributed by atoms with Gasteiger partial charge in [0.25, 0.3) is 0 Å². The molecule has 0 saturated heterocycles. The Morgan fingerprint density at radius 1 is 1.12 bits per heavy atom. The maximum atomic E-state index is 12.4. The molecule has 3 rings (SSSR count). The van der Waals surface area contributed by atoms with Gasteiger partial charge in [-0.1, -0.05) is 42.5 Å². The number of ether oxygens (including phenoxy) is 1. The Labute approximate surface area is 148 Å². The zero-order chi connectivity index (χ0) is 17.6. The predicted molar refractivity (Wildman–Crippen MR) is 96.1 cm³/mol. The molecule has 2 aromatic carbocycles. The number of aromatic nitrogens is 1. The van der Waals surface area contributed by atoms with Crippen LogP contribution in [0.25, 0.3) is 10.2 Å². The standard InChI is InChI=1S/C18H17N3O3S/c19-18(23)21-14(10-12-6-2-1-3-7-12)17(22)24-11-16-20-13-8-4-5-9-15(13)25-16/h1-9,14H,10-11H2,(H3,19,21,23)/t14-/m0/s1. The summed E-state index contributed by atoms with van der Waals surface area (Å²) in [5.41, 5.74) is 6.95. The SMILES string of the molecule is NC(=O)N[C@@H](Cc1ccccc1)C(=O)OCc1nc2ccccc2s1. The topological polar surface area (TPSA) is 94.3 Å². The number of thiazole rings is 1. The molecule has 0 unspecified atom stereocenters. The highest BCUT2D eigenvalue weighted by Gasteiger charge is 2.22. The summed E-state index contributed by atoms with van der Waals surface area (Å²) >= 11 is 1.47. The molecule has 0 radical (unpaired) electrons. The minimum Gasteiger partial charge on any atom is -0.457 e. The molecular formula is C18H17N3O3S. The number of carbonyl (C=O) groups is 2. The summed E-state index contributed by atoms with van der Waals surface area (Å²) < 4.78 is 6.36. The van der Waals surface area contributed by atoms with Crippen molar-refractivity contribution in [1.29, 1.82) is 0 Å². The number of benzene rings is 2. The Balaban J connectivity index is 1.65. The van der Waals surface area contributed by atoms with E-state index in [4.69, 9.17) is 10.5 Å². The Hall–Kier alpha value is -2.93. The van der Waals surface area contributed by atoms with Crippen molar-refractivity contribution in [3.8, 4) is 0 Å². The minimum absolute atomic E-state index is 0.0594. The van der Waals surface area contributed by atoms with Crippen LogP contribution in [-0.2, 0) is 22.6 Å². The lowest BCUT2D eigenvalue weighted by molar-refractivity contribution is -0.147. The number of esters is 1. The number of fused-ring (bicyclic) bond motifs is 1. The van der Waals surface area contributed by atoms with Gasteiger partial charge in [-0.15, -0.1) is 11.3 Å². The molecular weight excluding hydrogens is 338 g/mol. The monoisotopic (exact) mass is 355 g/mol. The Morgan fingerprint density at radius 2 is 1.84 bits per heavy atom. The highest BCUT2D eigenvalue weighted by atomic mass is 32.1. The highest BCUT2D eigenvalue weighted by molar-refractivity contribution is 7.18. The van der Waals surface area contributed by atoms with E-state index in [-0.39, 0.29) is 6.61 Å². The first-order valence-electron chi connectivity index (χ1n) is 7.73. The van der Waals surface area contributed by atoms with E-state index < -0.39 is 18.0 Å². The van der Waals surface area contributed by atoms with Crippen molar-refractivity contribution in [1.82, 2.24) is 10.3 Å². The van der Waals surface area contributed by atoms with Gasteiger partial charge in [0.2, 0.25) is 0 Å². The fourth-order valence-electron chi connectivity index (χ4n) is 2.43. The first-order chi connectivity index (χ1) is 12.1. The molecule has 0 fully saturated rings. The lowest BCUT2D eigenvalue weighted by Crippen LogP contribution is -2.45. The number of primary amides is 1. The Bertz CT molecular complexity index is 846. The van der Waals surface area contributed by atoms with Crippen LogP contribution in [0.3, 0.4) is 0 Å². The molecule has 25 heavy (non-hydrogen) atoms. The van der Waals surface area contributed by atoms with Crippen LogP contribution in [0.2, 0.25) is 0 Å². The van der Waals surface area contributed by atoms with E-state index in [1.807, 2.05) is 54.6 Å². The molecule has 0 aliphatic rings. The molecule has 6 nitrogen and oxygen atoms in total. The average molecular weight is 355 g/mol. The van der Waals surface area contributed by atoms with Gasteiger partial charge < -0.3 is 15.8 Å². The molecule has 1 atom stereocenters. The molecule has 7 heteroatoms. The van der Waals surface area contributed by atoms with Gasteiger partial charge in [0.05, 0.1) is 10.2 Å². The molecule has 2 amide bonds. The van der Waals surface area contributed by atoms with Crippen LogP contribution in [0.1, 0.15) is 10.6 Å². The van der Waals surface area contributed by atoms with Crippen LogP contribution in [0.5, 0.6) is 0 Å². The fourth-order valence-corrected chi connectivity index (χ4v) is 3.31. The third-order valence-electron chi connectivity index (χ3n) is 3.56. The van der Waals surface area contributed by atoms with Crippen molar-refractivity contribution >= 4 is 33.6 Å². The minimum atomic E-state index is -0.839. The Kier molecular flexibility index (Phi) is 5.25. The first-order valence-corrected chi connectivity index (χ1v) is 8.54. The van der Waals surface area contributed by atoms with Gasteiger partial charge in [-0.25, -0.2) is 14.6 Å². The van der Waals surface area contributed by atoms with Crippen molar-refractivity contribution in [2.24, 2.45) is 5.73 Å². The van der Waals surface area contributed by atoms with Crippen LogP contribution in [0.4, 0.5) is 4.79 Å². The summed E-state index contributed by atoms with van der Waals surface area (Å²) in [6.45, 7) is 0.0594. The van der Waals surface area contributed by atoms with E-state index in [1.165, 1.54) is 11.3 Å². The molecule has 1 aromatic heterocycles. The van der Waals surface area contributed by atoms with E-state index in [0.717, 1.165) is 15.8 Å². The van der Waals surface area contributed by atoms with Gasteiger partial charge in [0.15, 0.2) is 0 Å². The van der Waals surface area contributed by atoms with Gasteiger partial charge in [-0.3, -0.25) is 0 Å². The quantitative estimate of drug-likeness (QED) is 0.665. The number of amides is 2. The number of para-hydroxylation sites is 1. The van der Waals surface area contributed by atoms with Crippen LogP contribution >= 0.6 is 11.3 Å². The van der Waals surface area contributed by atoms with Crippen LogP contribution in [-0.4, -0.2) is 23.0 Å². The number of hydrogen-bond acceptors (Lipinski definition) is 5. The number of hydrogen-bond donors (Lipinski definition) is 2. The zero-order valence-corrected chi connectivity index (χ0v) is 14.2. The van der Waals surface area contributed by atoms with Gasteiger partial charge in [-0.2, -0.15) is 0 Å². The molecule has 0 bridgehead atoms. The van der Waals surface area contributed by atoms with E-state index in [9.17, 15) is 9.59 Å². The molecule has 3 N–H and O–H groups in total. The molecule has 128 valence electrons. The third kappa shape index (κ3) is 4.54. The predicted octanol–water partition coefficient (Wildman–Crippen LogP) is 2.62. The van der Waals surface area contributed by atoms with Crippen LogP contribution in [0, 0.1) is 0 Å². The fraction of sp³-hybridized carbons (Fsp3) is 0.167. The van der Waals surface area contributed by atoms with Crippen molar-refractivity contribution in [3.05, 3.63) is 65.2 Å². The average Bonchev–Trinajstić information content (AvgIpc) is 3.02. The molecule has 0 saturated carbocycles. The van der Waals surface area contributed by atoms with Crippen LogP contribution < -0.4 is 11.1 Å². The summed E-state index contributed by atoms with van der Waals surface area (Å²) in [4.78, 5) is 28.0. The summed E-state index contributed by atoms with van der Waals surface area (Å²) in [6, 6.07) is 15.5. The second-order valence-corrected chi connectivity index (χ2v) is 6.55. The van der Waals surface area contributed by atoms with Crippen molar-refractivity contribution in [3.63, 3.8) is 0 Å². The summed E-state index contributed by atoms with van der Waals surface area (Å²) in [5, 5.41) is 3.14. The number of rotatable bonds is 6. The summed E-state index contributed by atoms with van der Waals surface area (Å²) in [7, 11) is 0. The van der Waals surface area contributed by atoms with Crippen molar-refractivity contribution in [2.45, 2.75) is 19.1 Å². The molecule has 1 heterocycles. The van der Waals surface area contributed by atoms with Crippen LogP contribution in [0.15, 0.2) is 54.6 Å². The lowest BCUT2D eigenvalue weighted by atomic mass is 10.1. The van der Waals surface area contributed by atoms with Gasteiger partial charge in [-0.05, 0) is 17.7 Å². The third-order valence-corrected chi connectivity index (χ3v) is 4.57.